The fraction of sp³-hybridized carbons (Fsp3) is 0. The molecule has 3 nitrogen and oxygen atoms in total. The van der Waals surface area contributed by atoms with Crippen LogP contribution in [0.2, 0.25) is 0 Å². The molecule has 10 aromatic rings. The first-order valence-corrected chi connectivity index (χ1v) is 19.9. The van der Waals surface area contributed by atoms with Crippen molar-refractivity contribution >= 4 is 72.4 Å². The molecule has 0 bridgehead atoms. The van der Waals surface area contributed by atoms with Gasteiger partial charge in [0.25, 0.3) is 0 Å². The summed E-state index contributed by atoms with van der Waals surface area (Å²) in [5.74, 6) is 1.82. The predicted octanol–water partition coefficient (Wildman–Crippen LogP) is 9.36. The van der Waals surface area contributed by atoms with E-state index in [0.717, 1.165) is 44.9 Å². The van der Waals surface area contributed by atoms with E-state index >= 15 is 0 Å². The van der Waals surface area contributed by atoms with E-state index in [0.29, 0.717) is 0 Å². The van der Waals surface area contributed by atoms with Gasteiger partial charge < -0.3 is 13.9 Å². The van der Waals surface area contributed by atoms with Gasteiger partial charge in [-0.25, -0.2) is 0 Å². The highest BCUT2D eigenvalue weighted by Gasteiger charge is 2.49. The molecular formula is C48H32N2OSi. The smallest absolute Gasteiger partial charge is 0.188 e. The Bertz CT molecular complexity index is 2680. The molecule has 11 rings (SSSR count). The number of para-hydroxylation sites is 6. The molecule has 4 heteroatoms. The van der Waals surface area contributed by atoms with Gasteiger partial charge in [-0.2, -0.15) is 0 Å². The van der Waals surface area contributed by atoms with E-state index in [-0.39, 0.29) is 0 Å². The van der Waals surface area contributed by atoms with Crippen LogP contribution in [0.15, 0.2) is 194 Å². The first kappa shape index (κ1) is 29.1. The van der Waals surface area contributed by atoms with Gasteiger partial charge in [0.15, 0.2) is 19.6 Å². The van der Waals surface area contributed by atoms with E-state index in [1.165, 1.54) is 42.3 Å². The minimum Gasteiger partial charge on any atom is -0.453 e. The fourth-order valence-electron chi connectivity index (χ4n) is 8.98. The van der Waals surface area contributed by atoms with Crippen LogP contribution in [-0.4, -0.2) is 17.2 Å². The summed E-state index contributed by atoms with van der Waals surface area (Å²) in [5.41, 5.74) is 6.73. The topological polar surface area (TPSA) is 19.1 Å². The van der Waals surface area contributed by atoms with Crippen molar-refractivity contribution in [2.24, 2.45) is 0 Å². The van der Waals surface area contributed by atoms with Gasteiger partial charge in [0.1, 0.15) is 0 Å². The van der Waals surface area contributed by atoms with Gasteiger partial charge in [-0.05, 0) is 57.1 Å². The van der Waals surface area contributed by atoms with Crippen LogP contribution in [0.3, 0.4) is 0 Å². The molecular weight excluding hydrogens is 649 g/mol. The molecule has 3 heterocycles. The van der Waals surface area contributed by atoms with E-state index in [4.69, 9.17) is 4.74 Å². The maximum atomic E-state index is 7.57. The highest BCUT2D eigenvalue weighted by Crippen LogP contribution is 2.42. The molecule has 0 unspecified atom stereocenters. The van der Waals surface area contributed by atoms with E-state index in [2.05, 4.69) is 203 Å². The molecule has 0 fully saturated rings. The third kappa shape index (κ3) is 3.90. The third-order valence-corrected chi connectivity index (χ3v) is 15.9. The Hall–Kier alpha value is -6.62. The molecule has 0 saturated carbocycles. The van der Waals surface area contributed by atoms with Crippen molar-refractivity contribution < 1.29 is 4.74 Å². The van der Waals surface area contributed by atoms with Gasteiger partial charge in [-0.1, -0.05) is 158 Å². The van der Waals surface area contributed by atoms with E-state index in [9.17, 15) is 0 Å². The fourth-order valence-corrected chi connectivity index (χ4v) is 14.0. The summed E-state index contributed by atoms with van der Waals surface area (Å²) in [4.78, 5) is 0. The second-order valence-corrected chi connectivity index (χ2v) is 17.4. The summed E-state index contributed by atoms with van der Waals surface area (Å²) in [5, 5.41) is 10.1. The van der Waals surface area contributed by atoms with Crippen molar-refractivity contribution in [3.05, 3.63) is 194 Å². The second kappa shape index (κ2) is 11.2. The molecule has 0 atom stereocenters. The Labute approximate surface area is 302 Å². The lowest BCUT2D eigenvalue weighted by molar-refractivity contribution is 0.483. The van der Waals surface area contributed by atoms with Gasteiger partial charge in [-0.3, -0.25) is 0 Å². The van der Waals surface area contributed by atoms with Crippen molar-refractivity contribution in [2.75, 3.05) is 0 Å². The van der Waals surface area contributed by atoms with Crippen molar-refractivity contribution in [3.8, 4) is 22.9 Å². The molecule has 52 heavy (non-hydrogen) atoms. The van der Waals surface area contributed by atoms with Gasteiger partial charge in [0.2, 0.25) is 0 Å². The van der Waals surface area contributed by atoms with Gasteiger partial charge >= 0.3 is 0 Å². The zero-order chi connectivity index (χ0) is 34.2. The van der Waals surface area contributed by atoms with Crippen LogP contribution in [0.25, 0.3) is 55.0 Å². The Balaban J connectivity index is 1.32. The molecule has 1 aliphatic heterocycles. The largest absolute Gasteiger partial charge is 0.453 e. The van der Waals surface area contributed by atoms with Gasteiger partial charge in [0, 0.05) is 21.5 Å². The van der Waals surface area contributed by atoms with Crippen molar-refractivity contribution in [3.63, 3.8) is 0 Å². The lowest BCUT2D eigenvalue weighted by Gasteiger charge is -2.41. The van der Waals surface area contributed by atoms with E-state index in [1.807, 2.05) is 0 Å². The number of hydrogen-bond donors (Lipinski definition) is 0. The normalized spacial score (nSPS) is 13.3. The summed E-state index contributed by atoms with van der Waals surface area (Å²) >= 11 is 0. The van der Waals surface area contributed by atoms with Crippen LogP contribution in [0.5, 0.6) is 11.5 Å². The SMILES string of the molecule is c1ccc([Si]2(c3ccccc3)c3cccc(-n4c5ccccc5c5ccccc54)c3Oc3c(-n4c5ccccc5c5ccccc54)cccc32)cc1. The molecule has 0 radical (unpaired) electrons. The highest BCUT2D eigenvalue weighted by molar-refractivity contribution is 7.20. The summed E-state index contributed by atoms with van der Waals surface area (Å²) < 4.78 is 12.4. The number of fused-ring (bicyclic) bond motifs is 8. The molecule has 1 aliphatic rings. The molecule has 0 spiro atoms. The zero-order valence-corrected chi connectivity index (χ0v) is 29.3. The third-order valence-electron chi connectivity index (χ3n) is 11.1. The van der Waals surface area contributed by atoms with Crippen LogP contribution < -0.4 is 25.5 Å². The van der Waals surface area contributed by atoms with Gasteiger partial charge in [0.05, 0.1) is 33.4 Å². The van der Waals surface area contributed by atoms with Crippen LogP contribution in [0.4, 0.5) is 0 Å². The van der Waals surface area contributed by atoms with Crippen molar-refractivity contribution in [1.82, 2.24) is 9.13 Å². The zero-order valence-electron chi connectivity index (χ0n) is 28.3. The maximum Gasteiger partial charge on any atom is 0.188 e. The van der Waals surface area contributed by atoms with Crippen LogP contribution in [0.1, 0.15) is 0 Å². The van der Waals surface area contributed by atoms with Crippen molar-refractivity contribution in [1.29, 1.82) is 0 Å². The first-order chi connectivity index (χ1) is 25.8. The second-order valence-electron chi connectivity index (χ2n) is 13.6. The molecule has 8 aromatic carbocycles. The van der Waals surface area contributed by atoms with Gasteiger partial charge in [-0.15, -0.1) is 0 Å². The highest BCUT2D eigenvalue weighted by atomic mass is 28.3. The maximum absolute atomic E-state index is 7.57. The predicted molar refractivity (Wildman–Crippen MR) is 219 cm³/mol. The molecule has 0 saturated heterocycles. The molecule has 0 amide bonds. The number of benzene rings is 8. The van der Waals surface area contributed by atoms with Crippen LogP contribution in [0, 0.1) is 0 Å². The Kier molecular flexibility index (Phi) is 6.27. The first-order valence-electron chi connectivity index (χ1n) is 17.9. The Morgan fingerprint density at radius 2 is 0.635 bits per heavy atom. The van der Waals surface area contributed by atoms with E-state index in [1.54, 1.807) is 0 Å². The lowest BCUT2D eigenvalue weighted by Crippen LogP contribution is -2.76. The Morgan fingerprint density at radius 1 is 0.308 bits per heavy atom. The molecule has 2 aromatic heterocycles. The van der Waals surface area contributed by atoms with Crippen molar-refractivity contribution in [2.45, 2.75) is 0 Å². The van der Waals surface area contributed by atoms with Crippen LogP contribution >= 0.6 is 0 Å². The summed E-state index contributed by atoms with van der Waals surface area (Å²) in [6.07, 6.45) is 0. The minimum atomic E-state index is -2.99. The number of aromatic nitrogens is 2. The number of nitrogens with zero attached hydrogens (tertiary/aromatic N) is 2. The average molecular weight is 681 g/mol. The lowest BCUT2D eigenvalue weighted by atomic mass is 10.2. The molecule has 244 valence electrons. The summed E-state index contributed by atoms with van der Waals surface area (Å²) in [7, 11) is -2.99. The standard InChI is InChI=1S/C48H32N2OSi/c1-3-17-33(18-4-1)52(34-19-5-2-6-20-34)45-31-15-29-43(49-39-25-11-7-21-35(39)36-22-8-12-26-40(36)49)47(45)51-48-44(30-16-32-46(48)52)50-41-27-13-9-23-37(41)38-24-10-14-28-42(38)50/h1-32H. The number of rotatable bonds is 4. The average Bonchev–Trinajstić information content (AvgIpc) is 3.73. The number of hydrogen-bond acceptors (Lipinski definition) is 1. The monoisotopic (exact) mass is 680 g/mol. The summed E-state index contributed by atoms with van der Waals surface area (Å²) in [6.45, 7) is 0. The Morgan fingerprint density at radius 3 is 1.00 bits per heavy atom. The molecule has 0 aliphatic carbocycles. The number of ether oxygens (including phenoxy) is 1. The van der Waals surface area contributed by atoms with E-state index < -0.39 is 8.07 Å². The molecule has 0 N–H and O–H groups in total. The minimum absolute atomic E-state index is 0.911. The quantitative estimate of drug-likeness (QED) is 0.170. The van der Waals surface area contributed by atoms with Crippen LogP contribution in [-0.2, 0) is 0 Å². The summed E-state index contributed by atoms with van der Waals surface area (Å²) in [6, 6.07) is 70.8.